The van der Waals surface area contributed by atoms with Crippen LogP contribution in [0.15, 0.2) is 146 Å². The summed E-state index contributed by atoms with van der Waals surface area (Å²) < 4.78 is 25.2. The third-order valence-electron chi connectivity index (χ3n) is 8.78. The smallest absolute Gasteiger partial charge is 0.202 e. The lowest BCUT2D eigenvalue weighted by Crippen LogP contribution is -2.30. The average molecular weight is 637 g/mol. The van der Waals surface area contributed by atoms with E-state index in [1.165, 1.54) is 0 Å². The Morgan fingerprint density at radius 1 is 0.375 bits per heavy atom. The molecule has 6 nitrogen and oxygen atoms in total. The second-order valence-corrected chi connectivity index (χ2v) is 11.9. The lowest BCUT2D eigenvalue weighted by Gasteiger charge is -2.39. The van der Waals surface area contributed by atoms with Gasteiger partial charge in [-0.05, 0) is 96.8 Å². The molecule has 0 unspecified atom stereocenters. The molecule has 6 heteroatoms. The predicted octanol–water partition coefficient (Wildman–Crippen LogP) is 11.5. The van der Waals surface area contributed by atoms with Crippen LogP contribution in [0.3, 0.4) is 0 Å². The van der Waals surface area contributed by atoms with Crippen LogP contribution < -0.4 is 18.9 Å². The minimum atomic E-state index is -0.549. The minimum Gasteiger partial charge on any atom is -0.502 e. The number of phenolic OH excluding ortho intramolecular Hbond substituents is 2. The molecule has 0 atom stereocenters. The van der Waals surface area contributed by atoms with Crippen molar-refractivity contribution >= 4 is 0 Å². The highest BCUT2D eigenvalue weighted by atomic mass is 16.5. The summed E-state index contributed by atoms with van der Waals surface area (Å²) in [5, 5.41) is 23.0. The molecule has 6 aromatic carbocycles. The van der Waals surface area contributed by atoms with Crippen molar-refractivity contribution in [2.24, 2.45) is 0 Å². The summed E-state index contributed by atoms with van der Waals surface area (Å²) in [6.07, 6.45) is 4.69. The molecule has 0 bridgehead atoms. The second kappa shape index (κ2) is 13.9. The van der Waals surface area contributed by atoms with Gasteiger partial charge in [0.2, 0.25) is 11.5 Å². The SMILES string of the molecule is Oc1c(Oc2ccccc2)cc(C2(c3cc(Oc4ccccc4)c(O)c(Oc4ccccc4)c3)CCCCC2)cc1Oc1ccccc1. The first-order valence-electron chi connectivity index (χ1n) is 16.2. The Labute approximate surface area is 280 Å². The lowest BCUT2D eigenvalue weighted by atomic mass is 9.65. The number of phenols is 2. The molecule has 1 fully saturated rings. The molecule has 1 aliphatic carbocycles. The van der Waals surface area contributed by atoms with Crippen molar-refractivity contribution in [2.45, 2.75) is 37.5 Å². The van der Waals surface area contributed by atoms with Gasteiger partial charge in [-0.25, -0.2) is 0 Å². The summed E-state index contributed by atoms with van der Waals surface area (Å²) in [6.45, 7) is 0. The first-order chi connectivity index (χ1) is 23.6. The summed E-state index contributed by atoms with van der Waals surface area (Å²) in [7, 11) is 0. The van der Waals surface area contributed by atoms with E-state index < -0.39 is 5.41 Å². The van der Waals surface area contributed by atoms with E-state index in [9.17, 15) is 10.2 Å². The third-order valence-corrected chi connectivity index (χ3v) is 8.78. The van der Waals surface area contributed by atoms with Gasteiger partial charge in [0.05, 0.1) is 0 Å². The molecule has 240 valence electrons. The van der Waals surface area contributed by atoms with Gasteiger partial charge in [0.15, 0.2) is 23.0 Å². The van der Waals surface area contributed by atoms with Crippen molar-refractivity contribution in [3.05, 3.63) is 157 Å². The van der Waals surface area contributed by atoms with Crippen molar-refractivity contribution in [3.8, 4) is 57.5 Å². The maximum Gasteiger partial charge on any atom is 0.202 e. The molecular formula is C42H36O6. The second-order valence-electron chi connectivity index (χ2n) is 11.9. The standard InChI is InChI=1S/C42H36O6/c43-40-36(45-32-16-6-1-7-17-32)26-30(27-37(40)46-33-18-8-2-9-19-33)42(24-14-5-15-25-42)31-28-38(47-34-20-10-3-11-21-34)41(44)39(29-31)48-35-22-12-4-13-23-35/h1-4,6-13,16-23,26-29,43-44H,5,14-15,24-25H2. The van der Waals surface area contributed by atoms with Crippen LogP contribution in [0.25, 0.3) is 0 Å². The fourth-order valence-corrected chi connectivity index (χ4v) is 6.39. The van der Waals surface area contributed by atoms with E-state index in [1.807, 2.05) is 146 Å². The summed E-state index contributed by atoms with van der Waals surface area (Å²) in [5.41, 5.74) is 1.28. The van der Waals surface area contributed by atoms with Crippen LogP contribution in [0.1, 0.15) is 43.2 Å². The van der Waals surface area contributed by atoms with E-state index in [-0.39, 0.29) is 34.5 Å². The van der Waals surface area contributed by atoms with Gasteiger partial charge in [0.25, 0.3) is 0 Å². The Bertz CT molecular complexity index is 1690. The Hall–Kier alpha value is -5.88. The highest BCUT2D eigenvalue weighted by Crippen LogP contribution is 2.53. The third kappa shape index (κ3) is 6.65. The zero-order chi connectivity index (χ0) is 32.8. The molecule has 0 aliphatic heterocycles. The first-order valence-corrected chi connectivity index (χ1v) is 16.2. The Morgan fingerprint density at radius 2 is 0.646 bits per heavy atom. The molecule has 1 saturated carbocycles. The largest absolute Gasteiger partial charge is 0.502 e. The molecule has 6 aromatic rings. The number of hydrogen-bond donors (Lipinski definition) is 2. The van der Waals surface area contributed by atoms with Crippen LogP contribution in [0.2, 0.25) is 0 Å². The van der Waals surface area contributed by atoms with Gasteiger partial charge in [0.1, 0.15) is 23.0 Å². The first kappa shape index (κ1) is 30.8. The average Bonchev–Trinajstić information content (AvgIpc) is 3.13. The molecule has 0 radical (unpaired) electrons. The number of rotatable bonds is 10. The van der Waals surface area contributed by atoms with E-state index in [2.05, 4.69) is 0 Å². The van der Waals surface area contributed by atoms with Gasteiger partial charge in [-0.1, -0.05) is 92.1 Å². The van der Waals surface area contributed by atoms with Gasteiger partial charge in [-0.15, -0.1) is 0 Å². The molecule has 0 amide bonds. The van der Waals surface area contributed by atoms with Gasteiger partial charge in [-0.2, -0.15) is 0 Å². The highest BCUT2D eigenvalue weighted by Gasteiger charge is 2.39. The Kier molecular flexibility index (Phi) is 8.88. The summed E-state index contributed by atoms with van der Waals surface area (Å²) >= 11 is 0. The van der Waals surface area contributed by atoms with Gasteiger partial charge in [0, 0.05) is 5.41 Å². The van der Waals surface area contributed by atoms with Gasteiger partial charge in [-0.3, -0.25) is 0 Å². The maximum atomic E-state index is 11.5. The highest BCUT2D eigenvalue weighted by molar-refractivity contribution is 5.62. The normalized spacial score (nSPS) is 13.8. The fourth-order valence-electron chi connectivity index (χ4n) is 6.39. The molecule has 0 heterocycles. The van der Waals surface area contributed by atoms with Crippen LogP contribution in [-0.4, -0.2) is 10.2 Å². The van der Waals surface area contributed by atoms with Crippen molar-refractivity contribution in [2.75, 3.05) is 0 Å². The van der Waals surface area contributed by atoms with E-state index >= 15 is 0 Å². The van der Waals surface area contributed by atoms with Crippen molar-refractivity contribution in [3.63, 3.8) is 0 Å². The number of para-hydroxylation sites is 4. The molecule has 2 N–H and O–H groups in total. The predicted molar refractivity (Wildman–Crippen MR) is 186 cm³/mol. The van der Waals surface area contributed by atoms with Crippen LogP contribution >= 0.6 is 0 Å². The quantitative estimate of drug-likeness (QED) is 0.156. The molecule has 0 aromatic heterocycles. The minimum absolute atomic E-state index is 0.0932. The fraction of sp³-hybridized carbons (Fsp3) is 0.143. The summed E-state index contributed by atoms with van der Waals surface area (Å²) in [4.78, 5) is 0. The van der Waals surface area contributed by atoms with Crippen molar-refractivity contribution < 1.29 is 29.2 Å². The molecule has 0 spiro atoms. The maximum absolute atomic E-state index is 11.5. The van der Waals surface area contributed by atoms with E-state index in [4.69, 9.17) is 18.9 Å². The van der Waals surface area contributed by atoms with Crippen LogP contribution in [-0.2, 0) is 5.41 Å². The molecule has 7 rings (SSSR count). The molecule has 0 saturated heterocycles. The van der Waals surface area contributed by atoms with Gasteiger partial charge >= 0.3 is 0 Å². The number of ether oxygens (including phenoxy) is 4. The molecular weight excluding hydrogens is 600 g/mol. The van der Waals surface area contributed by atoms with Crippen molar-refractivity contribution in [1.82, 2.24) is 0 Å². The van der Waals surface area contributed by atoms with Crippen LogP contribution in [0, 0.1) is 0 Å². The zero-order valence-electron chi connectivity index (χ0n) is 26.4. The molecule has 48 heavy (non-hydrogen) atoms. The summed E-state index contributed by atoms with van der Waals surface area (Å²) in [6, 6.07) is 45.2. The lowest BCUT2D eigenvalue weighted by molar-refractivity contribution is 0.332. The number of aromatic hydroxyl groups is 2. The number of hydrogen-bond acceptors (Lipinski definition) is 6. The topological polar surface area (TPSA) is 77.4 Å². The molecule has 1 aliphatic rings. The van der Waals surface area contributed by atoms with E-state index in [0.29, 0.717) is 23.0 Å². The van der Waals surface area contributed by atoms with Gasteiger partial charge < -0.3 is 29.2 Å². The van der Waals surface area contributed by atoms with E-state index in [1.54, 1.807) is 0 Å². The van der Waals surface area contributed by atoms with Crippen LogP contribution in [0.4, 0.5) is 0 Å². The van der Waals surface area contributed by atoms with E-state index in [0.717, 1.165) is 43.2 Å². The Morgan fingerprint density at radius 3 is 0.917 bits per heavy atom. The monoisotopic (exact) mass is 636 g/mol. The Balaban J connectivity index is 1.40. The zero-order valence-corrected chi connectivity index (χ0v) is 26.4. The number of benzene rings is 6. The summed E-state index contributed by atoms with van der Waals surface area (Å²) in [5.74, 6) is 3.33. The van der Waals surface area contributed by atoms with Crippen molar-refractivity contribution in [1.29, 1.82) is 0 Å². The van der Waals surface area contributed by atoms with Crippen LogP contribution in [0.5, 0.6) is 57.5 Å².